The number of carbonyl (C=O) groups is 4. The predicted molar refractivity (Wildman–Crippen MR) is 116 cm³/mol. The highest BCUT2D eigenvalue weighted by Crippen LogP contribution is 2.29. The third-order valence-corrected chi connectivity index (χ3v) is 6.68. The molecule has 2 aliphatic heterocycles. The Hall–Kier alpha value is -3.31. The van der Waals surface area contributed by atoms with Crippen LogP contribution in [0.1, 0.15) is 55.2 Å². The molecule has 1 saturated heterocycles. The molecule has 4 rings (SSSR count). The first-order chi connectivity index (χ1) is 15.3. The summed E-state index contributed by atoms with van der Waals surface area (Å²) >= 11 is 0.914. The zero-order valence-corrected chi connectivity index (χ0v) is 18.4. The minimum absolute atomic E-state index is 0.00191. The zero-order valence-electron chi connectivity index (χ0n) is 17.6. The number of nitrogens with one attached hydrogen (secondary N) is 2. The van der Waals surface area contributed by atoms with Gasteiger partial charge < -0.3 is 16.4 Å². The highest BCUT2D eigenvalue weighted by Gasteiger charge is 2.37. The molecule has 1 unspecified atom stereocenters. The molecule has 168 valence electrons. The van der Waals surface area contributed by atoms with Crippen molar-refractivity contribution in [3.8, 4) is 0 Å². The third kappa shape index (κ3) is 4.34. The maximum absolute atomic E-state index is 13.1. The van der Waals surface area contributed by atoms with E-state index in [4.69, 9.17) is 5.73 Å². The van der Waals surface area contributed by atoms with Crippen LogP contribution in [0.15, 0.2) is 24.3 Å². The Morgan fingerprint density at radius 3 is 2.78 bits per heavy atom. The number of carbonyl (C=O) groups excluding carboxylic acids is 4. The van der Waals surface area contributed by atoms with Gasteiger partial charge in [-0.1, -0.05) is 24.3 Å². The van der Waals surface area contributed by atoms with Gasteiger partial charge in [-0.3, -0.25) is 24.2 Å². The molecule has 3 heterocycles. The predicted octanol–water partition coefficient (Wildman–Crippen LogP) is 0.491. The number of fused-ring (bicyclic) bond motifs is 2. The fraction of sp³-hybridized carbons (Fsp3) is 0.381. The number of hydrogen-bond donors (Lipinski definition) is 3. The second-order valence-corrected chi connectivity index (χ2v) is 8.71. The van der Waals surface area contributed by atoms with Gasteiger partial charge in [0, 0.05) is 32.6 Å². The molecule has 11 heteroatoms. The number of hydrazine groups is 1. The average molecular weight is 457 g/mol. The van der Waals surface area contributed by atoms with Crippen molar-refractivity contribution in [1.29, 1.82) is 0 Å². The molecule has 0 spiro atoms. The molecule has 0 saturated carbocycles. The number of amides is 4. The summed E-state index contributed by atoms with van der Waals surface area (Å²) < 4.78 is 0. The summed E-state index contributed by atoms with van der Waals surface area (Å²) in [5.41, 5.74) is 7.41. The molecule has 1 aromatic heterocycles. The number of aryl methyl sites for hydroxylation is 1. The SMILES string of the molecule is Cc1nc(C(N)=O)sc1C(=O)NCCC(=O)NC1C(=O)N2CCCN2Cc2ccccc21. The van der Waals surface area contributed by atoms with Crippen molar-refractivity contribution >= 4 is 35.0 Å². The summed E-state index contributed by atoms with van der Waals surface area (Å²) in [5, 5.41) is 9.30. The molecule has 2 aliphatic rings. The lowest BCUT2D eigenvalue weighted by Gasteiger charge is -2.27. The van der Waals surface area contributed by atoms with Gasteiger partial charge in [0.25, 0.3) is 17.7 Å². The second kappa shape index (κ2) is 9.05. The summed E-state index contributed by atoms with van der Waals surface area (Å²) in [5.74, 6) is -1.61. The van der Waals surface area contributed by atoms with Crippen molar-refractivity contribution in [2.75, 3.05) is 19.6 Å². The van der Waals surface area contributed by atoms with Crippen LogP contribution < -0.4 is 16.4 Å². The van der Waals surface area contributed by atoms with Crippen molar-refractivity contribution in [2.45, 2.75) is 32.4 Å². The van der Waals surface area contributed by atoms with E-state index in [2.05, 4.69) is 15.6 Å². The maximum Gasteiger partial charge on any atom is 0.277 e. The highest BCUT2D eigenvalue weighted by atomic mass is 32.1. The number of hydrogen-bond acceptors (Lipinski definition) is 7. The zero-order chi connectivity index (χ0) is 22.8. The van der Waals surface area contributed by atoms with Crippen molar-refractivity contribution in [3.05, 3.63) is 51.0 Å². The fourth-order valence-corrected chi connectivity index (χ4v) is 4.81. The maximum atomic E-state index is 13.1. The Labute approximate surface area is 188 Å². The van der Waals surface area contributed by atoms with Crippen molar-refractivity contribution in [1.82, 2.24) is 25.6 Å². The van der Waals surface area contributed by atoms with Crippen LogP contribution in [0.25, 0.3) is 0 Å². The molecule has 1 aromatic carbocycles. The van der Waals surface area contributed by atoms with Crippen molar-refractivity contribution < 1.29 is 19.2 Å². The van der Waals surface area contributed by atoms with E-state index < -0.39 is 17.9 Å². The van der Waals surface area contributed by atoms with Gasteiger partial charge in [0.05, 0.1) is 5.69 Å². The Morgan fingerprint density at radius 2 is 2.03 bits per heavy atom. The van der Waals surface area contributed by atoms with Gasteiger partial charge in [0.15, 0.2) is 5.01 Å². The highest BCUT2D eigenvalue weighted by molar-refractivity contribution is 7.15. The molecule has 4 amide bonds. The number of thiazole rings is 1. The first-order valence-electron chi connectivity index (χ1n) is 10.3. The van der Waals surface area contributed by atoms with E-state index in [1.54, 1.807) is 11.9 Å². The lowest BCUT2D eigenvalue weighted by molar-refractivity contribution is -0.147. The second-order valence-electron chi connectivity index (χ2n) is 7.71. The minimum atomic E-state index is -0.764. The molecule has 1 fully saturated rings. The Bertz CT molecular complexity index is 1080. The largest absolute Gasteiger partial charge is 0.364 e. The first-order valence-corrected chi connectivity index (χ1v) is 11.2. The number of nitrogens with zero attached hydrogens (tertiary/aromatic N) is 3. The van der Waals surface area contributed by atoms with Crippen LogP contribution in [0.2, 0.25) is 0 Å². The third-order valence-electron chi connectivity index (χ3n) is 5.50. The normalized spacial score (nSPS) is 18.0. The molecule has 2 aromatic rings. The summed E-state index contributed by atoms with van der Waals surface area (Å²) in [6.07, 6.45) is 0.900. The van der Waals surface area contributed by atoms with Gasteiger partial charge in [-0.2, -0.15) is 0 Å². The van der Waals surface area contributed by atoms with Crippen LogP contribution in [0, 0.1) is 6.92 Å². The molecule has 4 N–H and O–H groups in total. The number of aromatic nitrogens is 1. The molecule has 1 atom stereocenters. The van der Waals surface area contributed by atoms with Crippen LogP contribution in [-0.4, -0.2) is 58.3 Å². The van der Waals surface area contributed by atoms with E-state index in [0.29, 0.717) is 18.8 Å². The number of primary amides is 1. The lowest BCUT2D eigenvalue weighted by atomic mass is 9.99. The van der Waals surface area contributed by atoms with Gasteiger partial charge in [0.1, 0.15) is 10.9 Å². The molecule has 10 nitrogen and oxygen atoms in total. The minimum Gasteiger partial charge on any atom is -0.364 e. The average Bonchev–Trinajstić information content (AvgIpc) is 3.36. The van der Waals surface area contributed by atoms with Gasteiger partial charge in [-0.25, -0.2) is 9.99 Å². The molecular formula is C21H24N6O4S. The first kappa shape index (κ1) is 21.9. The van der Waals surface area contributed by atoms with E-state index in [-0.39, 0.29) is 34.7 Å². The Balaban J connectivity index is 1.39. The van der Waals surface area contributed by atoms with Gasteiger partial charge >= 0.3 is 0 Å². The van der Waals surface area contributed by atoms with Crippen LogP contribution in [0.3, 0.4) is 0 Å². The summed E-state index contributed by atoms with van der Waals surface area (Å²) in [4.78, 5) is 53.6. The number of rotatable bonds is 6. The standard InChI is InChI=1S/C21H24N6O4S/c1-12-17(32-20(24-12)18(22)29)19(30)23-8-7-15(28)25-16-14-6-3-2-5-13(14)11-26-9-4-10-27(26)21(16)31/h2-3,5-6,16H,4,7-11H2,1H3,(H2,22,29)(H,23,30)(H,25,28). The van der Waals surface area contributed by atoms with E-state index in [9.17, 15) is 19.2 Å². The summed E-state index contributed by atoms with van der Waals surface area (Å²) in [7, 11) is 0. The van der Waals surface area contributed by atoms with E-state index in [1.165, 1.54) is 0 Å². The van der Waals surface area contributed by atoms with Crippen LogP contribution in [-0.2, 0) is 16.1 Å². The Morgan fingerprint density at radius 1 is 1.25 bits per heavy atom. The quantitative estimate of drug-likeness (QED) is 0.578. The van der Waals surface area contributed by atoms with Crippen LogP contribution in [0.4, 0.5) is 0 Å². The van der Waals surface area contributed by atoms with Crippen LogP contribution >= 0.6 is 11.3 Å². The summed E-state index contributed by atoms with van der Waals surface area (Å²) in [6, 6.07) is 6.86. The molecule has 0 radical (unpaired) electrons. The van der Waals surface area contributed by atoms with Crippen molar-refractivity contribution in [2.24, 2.45) is 5.73 Å². The van der Waals surface area contributed by atoms with E-state index in [1.807, 2.05) is 29.3 Å². The fourth-order valence-electron chi connectivity index (χ4n) is 3.97. The number of nitrogens with two attached hydrogens (primary N) is 1. The van der Waals surface area contributed by atoms with Gasteiger partial charge in [0.2, 0.25) is 5.91 Å². The van der Waals surface area contributed by atoms with E-state index >= 15 is 0 Å². The topological polar surface area (TPSA) is 138 Å². The smallest absolute Gasteiger partial charge is 0.277 e. The lowest BCUT2D eigenvalue weighted by Crippen LogP contribution is -2.45. The van der Waals surface area contributed by atoms with Gasteiger partial charge in [-0.15, -0.1) is 11.3 Å². The summed E-state index contributed by atoms with van der Waals surface area (Å²) in [6.45, 7) is 3.76. The van der Waals surface area contributed by atoms with Crippen molar-refractivity contribution in [3.63, 3.8) is 0 Å². The molecule has 0 bridgehead atoms. The van der Waals surface area contributed by atoms with E-state index in [0.717, 1.165) is 35.4 Å². The Kier molecular flexibility index (Phi) is 6.19. The molecular weight excluding hydrogens is 432 g/mol. The molecule has 32 heavy (non-hydrogen) atoms. The number of benzene rings is 1. The van der Waals surface area contributed by atoms with Crippen LogP contribution in [0.5, 0.6) is 0 Å². The molecule has 0 aliphatic carbocycles. The monoisotopic (exact) mass is 456 g/mol. The van der Waals surface area contributed by atoms with Gasteiger partial charge in [-0.05, 0) is 24.5 Å².